The van der Waals surface area contributed by atoms with Gasteiger partial charge in [0.1, 0.15) is 0 Å². The zero-order valence-electron chi connectivity index (χ0n) is 11.7. The number of benzene rings is 1. The van der Waals surface area contributed by atoms with Gasteiger partial charge in [-0.15, -0.1) is 0 Å². The van der Waals surface area contributed by atoms with Crippen LogP contribution in [0, 0.1) is 6.92 Å². The van der Waals surface area contributed by atoms with Gasteiger partial charge in [0.2, 0.25) is 0 Å². The second-order valence-corrected chi connectivity index (χ2v) is 5.80. The number of amides is 2. The molecule has 0 N–H and O–H groups in total. The lowest BCUT2D eigenvalue weighted by Crippen LogP contribution is -2.27. The predicted octanol–water partition coefficient (Wildman–Crippen LogP) is 3.57. The van der Waals surface area contributed by atoms with Crippen molar-refractivity contribution in [3.8, 4) is 0 Å². The molecule has 2 heterocycles. The third-order valence-corrected chi connectivity index (χ3v) is 4.37. The number of hydrogen-bond acceptors (Lipinski definition) is 3. The van der Waals surface area contributed by atoms with E-state index in [-0.39, 0.29) is 11.1 Å². The van der Waals surface area contributed by atoms with Gasteiger partial charge in [0.05, 0.1) is 10.6 Å². The molecule has 1 aliphatic rings. The average Bonchev–Trinajstić information content (AvgIpc) is 2.94. The summed E-state index contributed by atoms with van der Waals surface area (Å²) >= 11 is 0.975. The van der Waals surface area contributed by atoms with Crippen LogP contribution in [0.1, 0.15) is 11.4 Å². The summed E-state index contributed by atoms with van der Waals surface area (Å²) in [5.74, 6) is -0.268. The number of hydrogen-bond donors (Lipinski definition) is 0. The van der Waals surface area contributed by atoms with Gasteiger partial charge in [0.15, 0.2) is 0 Å². The van der Waals surface area contributed by atoms with Crippen molar-refractivity contribution < 1.29 is 9.59 Å². The van der Waals surface area contributed by atoms with Crippen molar-refractivity contribution in [2.45, 2.75) is 6.92 Å². The lowest BCUT2D eigenvalue weighted by Gasteiger charge is -2.11. The van der Waals surface area contributed by atoms with Crippen LogP contribution in [-0.2, 0) is 11.8 Å². The number of thioether (sulfide) groups is 1. The van der Waals surface area contributed by atoms with Crippen molar-refractivity contribution in [2.75, 3.05) is 4.90 Å². The molecule has 0 atom stereocenters. The number of aromatic nitrogens is 1. The van der Waals surface area contributed by atoms with Crippen LogP contribution >= 0.6 is 11.8 Å². The predicted molar refractivity (Wildman–Crippen MR) is 85.0 cm³/mol. The molecule has 1 aliphatic heterocycles. The monoisotopic (exact) mass is 298 g/mol. The maximum atomic E-state index is 12.4. The van der Waals surface area contributed by atoms with Crippen LogP contribution in [-0.4, -0.2) is 15.7 Å². The SMILES string of the molecule is Cc1ccc(/C=C2\SC(=O)N(c3ccccc3)C2=O)n1C. The summed E-state index contributed by atoms with van der Waals surface area (Å²) in [5, 5.41) is -0.261. The molecule has 0 bridgehead atoms. The lowest BCUT2D eigenvalue weighted by molar-refractivity contribution is -0.113. The Balaban J connectivity index is 1.96. The number of aryl methyl sites for hydroxylation is 1. The Morgan fingerprint density at radius 2 is 1.76 bits per heavy atom. The summed E-state index contributed by atoms with van der Waals surface area (Å²) < 4.78 is 1.98. The van der Waals surface area contributed by atoms with Crippen molar-refractivity contribution in [2.24, 2.45) is 7.05 Å². The molecule has 1 saturated heterocycles. The number of rotatable bonds is 2. The van der Waals surface area contributed by atoms with E-state index in [4.69, 9.17) is 0 Å². The number of carbonyl (C=O) groups is 2. The number of imide groups is 1. The molecule has 0 saturated carbocycles. The molecule has 106 valence electrons. The van der Waals surface area contributed by atoms with E-state index in [9.17, 15) is 9.59 Å². The topological polar surface area (TPSA) is 42.3 Å². The maximum Gasteiger partial charge on any atom is 0.298 e. The van der Waals surface area contributed by atoms with Gasteiger partial charge in [-0.1, -0.05) is 18.2 Å². The average molecular weight is 298 g/mol. The molecule has 0 spiro atoms. The minimum atomic E-state index is -0.268. The van der Waals surface area contributed by atoms with E-state index in [1.807, 2.05) is 48.9 Å². The van der Waals surface area contributed by atoms with Gasteiger partial charge in [0, 0.05) is 18.4 Å². The molecule has 0 aliphatic carbocycles. The highest BCUT2D eigenvalue weighted by Gasteiger charge is 2.36. The van der Waals surface area contributed by atoms with Crippen LogP contribution in [0.3, 0.4) is 0 Å². The fraction of sp³-hybridized carbons (Fsp3) is 0.125. The molecule has 3 rings (SSSR count). The van der Waals surface area contributed by atoms with Gasteiger partial charge < -0.3 is 4.57 Å². The number of nitrogens with zero attached hydrogens (tertiary/aromatic N) is 2. The van der Waals surface area contributed by atoms with E-state index in [2.05, 4.69) is 0 Å². The summed E-state index contributed by atoms with van der Waals surface area (Å²) in [5.41, 5.74) is 2.61. The second-order valence-electron chi connectivity index (χ2n) is 4.81. The van der Waals surface area contributed by atoms with Crippen molar-refractivity contribution in [3.63, 3.8) is 0 Å². The Morgan fingerprint density at radius 3 is 2.38 bits per heavy atom. The summed E-state index contributed by atoms with van der Waals surface area (Å²) in [6.07, 6.45) is 1.76. The van der Waals surface area contributed by atoms with E-state index >= 15 is 0 Å². The van der Waals surface area contributed by atoms with Gasteiger partial charge in [0.25, 0.3) is 11.1 Å². The highest BCUT2D eigenvalue weighted by atomic mass is 32.2. The van der Waals surface area contributed by atoms with Crippen LogP contribution in [0.2, 0.25) is 0 Å². The van der Waals surface area contributed by atoms with Crippen LogP contribution in [0.25, 0.3) is 6.08 Å². The summed E-state index contributed by atoms with van der Waals surface area (Å²) in [6.45, 7) is 1.99. The molecule has 2 aromatic rings. The quantitative estimate of drug-likeness (QED) is 0.796. The van der Waals surface area contributed by atoms with Gasteiger partial charge >= 0.3 is 0 Å². The molecule has 21 heavy (non-hydrogen) atoms. The summed E-state index contributed by atoms with van der Waals surface area (Å²) in [6, 6.07) is 12.9. The first kappa shape index (κ1) is 13.7. The molecule has 1 aromatic heterocycles. The van der Waals surface area contributed by atoms with Crippen molar-refractivity contribution >= 4 is 34.7 Å². The van der Waals surface area contributed by atoms with E-state index in [1.165, 1.54) is 4.90 Å². The molecular weight excluding hydrogens is 284 g/mol. The first-order chi connectivity index (χ1) is 10.1. The van der Waals surface area contributed by atoms with Gasteiger partial charge in [-0.05, 0) is 49.0 Å². The Kier molecular flexibility index (Phi) is 3.43. The van der Waals surface area contributed by atoms with Crippen LogP contribution in [0.4, 0.5) is 10.5 Å². The molecule has 2 amide bonds. The molecular formula is C16H14N2O2S. The number of anilines is 1. The highest BCUT2D eigenvalue weighted by molar-refractivity contribution is 8.19. The molecule has 1 fully saturated rings. The minimum absolute atomic E-state index is 0.261. The number of para-hydroxylation sites is 1. The molecule has 0 radical (unpaired) electrons. The fourth-order valence-electron chi connectivity index (χ4n) is 2.18. The first-order valence-electron chi connectivity index (χ1n) is 6.53. The third-order valence-electron chi connectivity index (χ3n) is 3.50. The van der Waals surface area contributed by atoms with Gasteiger partial charge in [-0.25, -0.2) is 4.90 Å². The van der Waals surface area contributed by atoms with Crippen molar-refractivity contribution in [1.29, 1.82) is 0 Å². The largest absolute Gasteiger partial charge is 0.348 e. The van der Waals surface area contributed by atoms with Crippen LogP contribution < -0.4 is 4.90 Å². The number of carbonyl (C=O) groups excluding carboxylic acids is 2. The Hall–Kier alpha value is -2.27. The Morgan fingerprint density at radius 1 is 1.05 bits per heavy atom. The molecule has 0 unspecified atom stereocenters. The minimum Gasteiger partial charge on any atom is -0.348 e. The van der Waals surface area contributed by atoms with E-state index in [1.54, 1.807) is 18.2 Å². The van der Waals surface area contributed by atoms with Gasteiger partial charge in [-0.3, -0.25) is 9.59 Å². The molecule has 4 nitrogen and oxygen atoms in total. The highest BCUT2D eigenvalue weighted by Crippen LogP contribution is 2.35. The Labute approximate surface area is 127 Å². The van der Waals surface area contributed by atoms with E-state index < -0.39 is 0 Å². The zero-order chi connectivity index (χ0) is 15.0. The maximum absolute atomic E-state index is 12.4. The second kappa shape index (κ2) is 5.26. The third kappa shape index (κ3) is 2.40. The van der Waals surface area contributed by atoms with Crippen LogP contribution in [0.15, 0.2) is 47.4 Å². The molecule has 5 heteroatoms. The van der Waals surface area contributed by atoms with Crippen molar-refractivity contribution in [1.82, 2.24) is 4.57 Å². The smallest absolute Gasteiger partial charge is 0.298 e. The zero-order valence-corrected chi connectivity index (χ0v) is 12.6. The van der Waals surface area contributed by atoms with E-state index in [0.717, 1.165) is 23.1 Å². The van der Waals surface area contributed by atoms with E-state index in [0.29, 0.717) is 10.6 Å². The van der Waals surface area contributed by atoms with Gasteiger partial charge in [-0.2, -0.15) is 0 Å². The standard InChI is InChI=1S/C16H14N2O2S/c1-11-8-9-13(17(11)2)10-14-15(19)18(16(20)21-14)12-6-4-3-5-7-12/h3-10H,1-2H3/b14-10-. The Bertz CT molecular complexity index is 747. The summed E-state index contributed by atoms with van der Waals surface area (Å²) in [4.78, 5) is 26.2. The first-order valence-corrected chi connectivity index (χ1v) is 7.35. The van der Waals surface area contributed by atoms with Crippen molar-refractivity contribution in [3.05, 3.63) is 58.8 Å². The van der Waals surface area contributed by atoms with Crippen LogP contribution in [0.5, 0.6) is 0 Å². The fourth-order valence-corrected chi connectivity index (χ4v) is 3.01. The summed E-state index contributed by atoms with van der Waals surface area (Å²) in [7, 11) is 1.93. The normalized spacial score (nSPS) is 17.0. The molecule has 1 aromatic carbocycles. The lowest BCUT2D eigenvalue weighted by atomic mass is 10.3.